The average Bonchev–Trinajstić information content (AvgIpc) is 2.25. The van der Waals surface area contributed by atoms with Crippen LogP contribution < -0.4 is 10.6 Å². The number of hydrogen-bond donors (Lipinski definition) is 2. The Balaban J connectivity index is 2.48. The van der Waals surface area contributed by atoms with Gasteiger partial charge in [-0.05, 0) is 37.0 Å². The van der Waals surface area contributed by atoms with Crippen LogP contribution in [0, 0.1) is 0 Å². The molecule has 1 aromatic carbocycles. The third-order valence-electron chi connectivity index (χ3n) is 3.02. The van der Waals surface area contributed by atoms with Gasteiger partial charge < -0.3 is 10.6 Å². The Bertz CT molecular complexity index is 655. The van der Waals surface area contributed by atoms with Crippen molar-refractivity contribution in [2.45, 2.75) is 51.0 Å². The van der Waals surface area contributed by atoms with Crippen molar-refractivity contribution in [2.75, 3.05) is 5.32 Å². The molecule has 1 aliphatic heterocycles. The highest BCUT2D eigenvalue weighted by molar-refractivity contribution is 7.90. The van der Waals surface area contributed by atoms with Crippen LogP contribution in [0.15, 0.2) is 27.5 Å². The van der Waals surface area contributed by atoms with Gasteiger partial charge >= 0.3 is 0 Å². The first-order valence-corrected chi connectivity index (χ1v) is 8.07. The summed E-state index contributed by atoms with van der Waals surface area (Å²) in [7, 11) is -3.66. The smallest absolute Gasteiger partial charge is 0.287 e. The number of fused-ring (bicyclic) bond motifs is 1. The molecule has 5 nitrogen and oxygen atoms in total. The van der Waals surface area contributed by atoms with Crippen molar-refractivity contribution in [3.8, 4) is 0 Å². The topological polar surface area (TPSA) is 70.6 Å². The number of nitrogens with zero attached hydrogens (tertiary/aromatic N) is 1. The molecular formula is C14H21N3O2S. The summed E-state index contributed by atoms with van der Waals surface area (Å²) in [5, 5.41) is 6.01. The second-order valence-electron chi connectivity index (χ2n) is 6.30. The Labute approximate surface area is 120 Å². The van der Waals surface area contributed by atoms with Gasteiger partial charge in [0.05, 0.1) is 5.69 Å². The molecular weight excluding hydrogens is 274 g/mol. The minimum atomic E-state index is -3.66. The van der Waals surface area contributed by atoms with E-state index in [1.54, 1.807) is 12.1 Å². The highest BCUT2D eigenvalue weighted by Crippen LogP contribution is 2.32. The van der Waals surface area contributed by atoms with Crippen LogP contribution in [0.2, 0.25) is 0 Å². The van der Waals surface area contributed by atoms with Gasteiger partial charge in [0.15, 0.2) is 0 Å². The van der Waals surface area contributed by atoms with E-state index >= 15 is 0 Å². The first kappa shape index (κ1) is 14.8. The lowest BCUT2D eigenvalue weighted by atomic mass is 9.87. The zero-order valence-electron chi connectivity index (χ0n) is 12.5. The number of nitrogens with one attached hydrogen (secondary N) is 2. The molecule has 20 heavy (non-hydrogen) atoms. The summed E-state index contributed by atoms with van der Waals surface area (Å²) >= 11 is 0. The van der Waals surface area contributed by atoms with Crippen molar-refractivity contribution in [1.29, 1.82) is 0 Å². The van der Waals surface area contributed by atoms with E-state index in [-0.39, 0.29) is 22.3 Å². The Kier molecular flexibility index (Phi) is 3.54. The summed E-state index contributed by atoms with van der Waals surface area (Å²) in [4.78, 5) is 0.235. The number of guanidine groups is 1. The van der Waals surface area contributed by atoms with Crippen LogP contribution in [0.5, 0.6) is 0 Å². The zero-order chi connectivity index (χ0) is 15.1. The summed E-state index contributed by atoms with van der Waals surface area (Å²) in [6.07, 6.45) is 0. The molecule has 0 spiro atoms. The Hall–Kier alpha value is -1.56. The molecule has 1 aliphatic rings. The highest BCUT2D eigenvalue weighted by atomic mass is 32.2. The summed E-state index contributed by atoms with van der Waals surface area (Å²) < 4.78 is 28.3. The molecule has 0 amide bonds. The van der Waals surface area contributed by atoms with Crippen LogP contribution in [0.4, 0.5) is 5.69 Å². The fourth-order valence-corrected chi connectivity index (χ4v) is 3.07. The normalized spacial score (nSPS) is 17.2. The number of sulfonamides is 1. The van der Waals surface area contributed by atoms with Crippen molar-refractivity contribution in [1.82, 2.24) is 5.32 Å². The largest absolute Gasteiger partial charge is 0.353 e. The SMILES string of the molecule is CC(C)NC1=NS(=O)(=O)c2cc(C(C)(C)C)ccc2N1. The van der Waals surface area contributed by atoms with Crippen molar-refractivity contribution < 1.29 is 8.42 Å². The zero-order valence-corrected chi connectivity index (χ0v) is 13.3. The number of hydrogen-bond acceptors (Lipinski definition) is 4. The van der Waals surface area contributed by atoms with Gasteiger partial charge in [-0.25, -0.2) is 0 Å². The van der Waals surface area contributed by atoms with Crippen LogP contribution >= 0.6 is 0 Å². The van der Waals surface area contributed by atoms with Crippen LogP contribution in [-0.4, -0.2) is 20.4 Å². The van der Waals surface area contributed by atoms with Crippen molar-refractivity contribution in [3.05, 3.63) is 23.8 Å². The van der Waals surface area contributed by atoms with E-state index in [1.165, 1.54) is 0 Å². The molecule has 110 valence electrons. The van der Waals surface area contributed by atoms with Gasteiger partial charge in [0.2, 0.25) is 5.96 Å². The van der Waals surface area contributed by atoms with Gasteiger partial charge in [-0.1, -0.05) is 26.8 Å². The maximum Gasteiger partial charge on any atom is 0.287 e. The van der Waals surface area contributed by atoms with Gasteiger partial charge in [0, 0.05) is 6.04 Å². The molecule has 0 atom stereocenters. The molecule has 0 aliphatic carbocycles. The monoisotopic (exact) mass is 295 g/mol. The molecule has 0 aromatic heterocycles. The van der Waals surface area contributed by atoms with Gasteiger partial charge in [0.1, 0.15) is 4.90 Å². The minimum absolute atomic E-state index is 0.104. The van der Waals surface area contributed by atoms with E-state index in [1.807, 2.05) is 40.7 Å². The first-order chi connectivity index (χ1) is 9.09. The maximum absolute atomic E-state index is 12.3. The number of benzene rings is 1. The third-order valence-corrected chi connectivity index (χ3v) is 4.33. The van der Waals surface area contributed by atoms with Gasteiger partial charge in [-0.15, -0.1) is 4.40 Å². The summed E-state index contributed by atoms with van der Waals surface area (Å²) in [5.74, 6) is 0.274. The van der Waals surface area contributed by atoms with Gasteiger partial charge in [-0.3, -0.25) is 0 Å². The first-order valence-electron chi connectivity index (χ1n) is 6.63. The fourth-order valence-electron chi connectivity index (χ4n) is 1.96. The highest BCUT2D eigenvalue weighted by Gasteiger charge is 2.27. The predicted octanol–water partition coefficient (Wildman–Crippen LogP) is 2.45. The average molecular weight is 295 g/mol. The quantitative estimate of drug-likeness (QED) is 0.835. The summed E-state index contributed by atoms with van der Waals surface area (Å²) in [5.41, 5.74) is 1.43. The van der Waals surface area contributed by atoms with Crippen molar-refractivity contribution in [3.63, 3.8) is 0 Å². The number of anilines is 1. The Morgan fingerprint density at radius 3 is 2.45 bits per heavy atom. The number of rotatable bonds is 1. The molecule has 6 heteroatoms. The van der Waals surface area contributed by atoms with Crippen molar-refractivity contribution >= 4 is 21.7 Å². The molecule has 2 N–H and O–H groups in total. The van der Waals surface area contributed by atoms with Crippen LogP contribution in [0.3, 0.4) is 0 Å². The lowest BCUT2D eigenvalue weighted by Gasteiger charge is -2.24. The lowest BCUT2D eigenvalue weighted by molar-refractivity contribution is 0.584. The Morgan fingerprint density at radius 1 is 1.25 bits per heavy atom. The summed E-state index contributed by atoms with van der Waals surface area (Å²) in [6.45, 7) is 10.00. The lowest BCUT2D eigenvalue weighted by Crippen LogP contribution is -2.38. The Morgan fingerprint density at radius 2 is 1.90 bits per heavy atom. The molecule has 1 heterocycles. The second-order valence-corrected chi connectivity index (χ2v) is 7.87. The van der Waals surface area contributed by atoms with Crippen LogP contribution in [-0.2, 0) is 15.4 Å². The standard InChI is InChI=1S/C14H21N3O2S/c1-9(2)15-13-16-11-7-6-10(14(3,4)5)8-12(11)20(18,19)17-13/h6-9H,1-5H3,(H2,15,16,17). The molecule has 0 saturated carbocycles. The maximum atomic E-state index is 12.3. The minimum Gasteiger partial charge on any atom is -0.353 e. The molecule has 0 fully saturated rings. The predicted molar refractivity (Wildman–Crippen MR) is 81.7 cm³/mol. The van der Waals surface area contributed by atoms with E-state index in [9.17, 15) is 8.42 Å². The third kappa shape index (κ3) is 2.95. The van der Waals surface area contributed by atoms with Gasteiger partial charge in [-0.2, -0.15) is 8.42 Å². The van der Waals surface area contributed by atoms with Crippen molar-refractivity contribution in [2.24, 2.45) is 4.40 Å². The summed E-state index contributed by atoms with van der Waals surface area (Å²) in [6, 6.07) is 5.55. The van der Waals surface area contributed by atoms with E-state index in [4.69, 9.17) is 0 Å². The molecule has 0 radical (unpaired) electrons. The van der Waals surface area contributed by atoms with E-state index in [0.29, 0.717) is 5.69 Å². The van der Waals surface area contributed by atoms with E-state index in [0.717, 1.165) is 5.56 Å². The van der Waals surface area contributed by atoms with Crippen LogP contribution in [0.25, 0.3) is 0 Å². The molecule has 0 unspecified atom stereocenters. The molecule has 0 saturated heterocycles. The molecule has 0 bridgehead atoms. The second kappa shape index (κ2) is 4.77. The van der Waals surface area contributed by atoms with Gasteiger partial charge in [0.25, 0.3) is 10.0 Å². The van der Waals surface area contributed by atoms with Crippen LogP contribution in [0.1, 0.15) is 40.2 Å². The van der Waals surface area contributed by atoms with E-state index in [2.05, 4.69) is 15.0 Å². The van der Waals surface area contributed by atoms with E-state index < -0.39 is 10.0 Å². The fraction of sp³-hybridized carbons (Fsp3) is 0.500. The molecule has 1 aromatic rings. The molecule has 2 rings (SSSR count).